The normalized spacial score (nSPS) is 19.4. The first kappa shape index (κ1) is 14.9. The summed E-state index contributed by atoms with van der Waals surface area (Å²) in [6.45, 7) is 6.33. The van der Waals surface area contributed by atoms with E-state index < -0.39 is 0 Å². The Morgan fingerprint density at radius 1 is 1.55 bits per heavy atom. The first-order chi connectivity index (χ1) is 9.61. The van der Waals surface area contributed by atoms with Gasteiger partial charge in [0.1, 0.15) is 11.5 Å². The summed E-state index contributed by atoms with van der Waals surface area (Å²) in [6, 6.07) is 1.70. The SMILES string of the molecule is COCC1CCCN(C(=O)c2ccnc(C(C)C)n2)C1. The standard InChI is InChI=1S/C15H23N3O2/c1-11(2)14-16-7-6-13(17-14)15(19)18-8-4-5-12(9-18)10-20-3/h6-7,11-12H,4-5,8-10H2,1-3H3. The monoisotopic (exact) mass is 277 g/mol. The Morgan fingerprint density at radius 2 is 2.35 bits per heavy atom. The molecule has 20 heavy (non-hydrogen) atoms. The highest BCUT2D eigenvalue weighted by Crippen LogP contribution is 2.18. The maximum Gasteiger partial charge on any atom is 0.272 e. The number of carbonyl (C=O) groups is 1. The van der Waals surface area contributed by atoms with Crippen LogP contribution in [0.25, 0.3) is 0 Å². The minimum absolute atomic E-state index is 0.00935. The van der Waals surface area contributed by atoms with Gasteiger partial charge < -0.3 is 9.64 Å². The summed E-state index contributed by atoms with van der Waals surface area (Å²) in [5.74, 6) is 1.39. The van der Waals surface area contributed by atoms with Crippen LogP contribution in [0.1, 0.15) is 48.9 Å². The molecule has 1 atom stereocenters. The Kier molecular flexibility index (Phi) is 5.06. The van der Waals surface area contributed by atoms with Gasteiger partial charge in [-0.25, -0.2) is 9.97 Å². The average Bonchev–Trinajstić information content (AvgIpc) is 2.47. The molecule has 1 aliphatic heterocycles. The van der Waals surface area contributed by atoms with Gasteiger partial charge in [-0.1, -0.05) is 13.8 Å². The van der Waals surface area contributed by atoms with Crippen LogP contribution in [0.5, 0.6) is 0 Å². The molecule has 1 fully saturated rings. The summed E-state index contributed by atoms with van der Waals surface area (Å²) in [5.41, 5.74) is 0.502. The number of rotatable bonds is 4. The average molecular weight is 277 g/mol. The van der Waals surface area contributed by atoms with Crippen molar-refractivity contribution in [3.05, 3.63) is 23.8 Å². The van der Waals surface area contributed by atoms with Gasteiger partial charge in [0.25, 0.3) is 5.91 Å². The van der Waals surface area contributed by atoms with Crippen LogP contribution in [-0.2, 0) is 4.74 Å². The first-order valence-corrected chi connectivity index (χ1v) is 7.23. The Bertz CT molecular complexity index is 460. The van der Waals surface area contributed by atoms with Gasteiger partial charge >= 0.3 is 0 Å². The Balaban J connectivity index is 2.08. The van der Waals surface area contributed by atoms with E-state index >= 15 is 0 Å². The molecule has 0 spiro atoms. The number of amides is 1. The zero-order chi connectivity index (χ0) is 14.5. The first-order valence-electron chi connectivity index (χ1n) is 7.23. The summed E-state index contributed by atoms with van der Waals surface area (Å²) in [4.78, 5) is 23.0. The van der Waals surface area contributed by atoms with Crippen molar-refractivity contribution in [2.45, 2.75) is 32.6 Å². The smallest absolute Gasteiger partial charge is 0.272 e. The molecule has 0 aromatic carbocycles. The third kappa shape index (κ3) is 3.54. The van der Waals surface area contributed by atoms with Crippen molar-refractivity contribution >= 4 is 5.91 Å². The Hall–Kier alpha value is -1.49. The van der Waals surface area contributed by atoms with E-state index in [1.165, 1.54) is 0 Å². The quantitative estimate of drug-likeness (QED) is 0.845. The van der Waals surface area contributed by atoms with E-state index in [2.05, 4.69) is 9.97 Å². The van der Waals surface area contributed by atoms with Gasteiger partial charge in [-0.2, -0.15) is 0 Å². The molecule has 2 heterocycles. The summed E-state index contributed by atoms with van der Waals surface area (Å²) in [6.07, 6.45) is 3.83. The van der Waals surface area contributed by atoms with Gasteiger partial charge in [0, 0.05) is 32.3 Å². The van der Waals surface area contributed by atoms with Crippen molar-refractivity contribution < 1.29 is 9.53 Å². The van der Waals surface area contributed by atoms with Crippen LogP contribution in [0.4, 0.5) is 0 Å². The van der Waals surface area contributed by atoms with Crippen molar-refractivity contribution in [2.75, 3.05) is 26.8 Å². The number of carbonyl (C=O) groups excluding carboxylic acids is 1. The molecule has 5 nitrogen and oxygen atoms in total. The number of nitrogens with zero attached hydrogens (tertiary/aromatic N) is 3. The third-order valence-corrected chi connectivity index (χ3v) is 3.62. The third-order valence-electron chi connectivity index (χ3n) is 3.62. The molecular weight excluding hydrogens is 254 g/mol. The van der Waals surface area contributed by atoms with Gasteiger partial charge in [-0.15, -0.1) is 0 Å². The highest BCUT2D eigenvalue weighted by molar-refractivity contribution is 5.92. The lowest BCUT2D eigenvalue weighted by Gasteiger charge is -2.32. The van der Waals surface area contributed by atoms with Gasteiger partial charge in [0.15, 0.2) is 0 Å². The summed E-state index contributed by atoms with van der Waals surface area (Å²) in [5, 5.41) is 0. The second-order valence-electron chi connectivity index (χ2n) is 5.67. The van der Waals surface area contributed by atoms with Crippen molar-refractivity contribution in [1.29, 1.82) is 0 Å². The molecule has 1 aliphatic rings. The van der Waals surface area contributed by atoms with E-state index in [1.54, 1.807) is 19.4 Å². The van der Waals surface area contributed by atoms with Crippen molar-refractivity contribution in [3.8, 4) is 0 Å². The molecule has 0 bridgehead atoms. The number of piperidine rings is 1. The molecule has 0 saturated carbocycles. The number of hydrogen-bond donors (Lipinski definition) is 0. The fourth-order valence-corrected chi connectivity index (χ4v) is 2.55. The number of methoxy groups -OCH3 is 1. The summed E-state index contributed by atoms with van der Waals surface area (Å²) < 4.78 is 5.20. The molecule has 0 aliphatic carbocycles. The van der Waals surface area contributed by atoms with Crippen LogP contribution in [-0.4, -0.2) is 47.6 Å². The highest BCUT2D eigenvalue weighted by atomic mass is 16.5. The second kappa shape index (κ2) is 6.79. The Labute approximate surface area is 120 Å². The van der Waals surface area contributed by atoms with Crippen LogP contribution in [0.3, 0.4) is 0 Å². The minimum atomic E-state index is 0.00935. The van der Waals surface area contributed by atoms with Gasteiger partial charge in [-0.3, -0.25) is 4.79 Å². The fraction of sp³-hybridized carbons (Fsp3) is 0.667. The molecule has 1 amide bonds. The van der Waals surface area contributed by atoms with E-state index in [1.807, 2.05) is 18.7 Å². The molecule has 1 aromatic rings. The topological polar surface area (TPSA) is 55.3 Å². The lowest BCUT2D eigenvalue weighted by Crippen LogP contribution is -2.41. The maximum atomic E-state index is 12.5. The Morgan fingerprint density at radius 3 is 3.05 bits per heavy atom. The van der Waals surface area contributed by atoms with Crippen LogP contribution < -0.4 is 0 Å². The second-order valence-corrected chi connectivity index (χ2v) is 5.67. The molecule has 1 unspecified atom stereocenters. The molecule has 0 radical (unpaired) electrons. The van der Waals surface area contributed by atoms with Gasteiger partial charge in [0.05, 0.1) is 6.61 Å². The van der Waals surface area contributed by atoms with E-state index in [0.717, 1.165) is 31.8 Å². The van der Waals surface area contributed by atoms with Crippen LogP contribution >= 0.6 is 0 Å². The highest BCUT2D eigenvalue weighted by Gasteiger charge is 2.25. The number of aromatic nitrogens is 2. The van der Waals surface area contributed by atoms with E-state index in [-0.39, 0.29) is 11.8 Å². The van der Waals surface area contributed by atoms with Crippen LogP contribution in [0, 0.1) is 5.92 Å². The molecular formula is C15H23N3O2. The van der Waals surface area contributed by atoms with Crippen molar-refractivity contribution in [3.63, 3.8) is 0 Å². The van der Waals surface area contributed by atoms with Crippen LogP contribution in [0.15, 0.2) is 12.3 Å². The van der Waals surface area contributed by atoms with Crippen molar-refractivity contribution in [2.24, 2.45) is 5.92 Å². The molecule has 2 rings (SSSR count). The molecule has 5 heteroatoms. The lowest BCUT2D eigenvalue weighted by molar-refractivity contribution is 0.0565. The summed E-state index contributed by atoms with van der Waals surface area (Å²) >= 11 is 0. The van der Waals surface area contributed by atoms with Gasteiger partial charge in [-0.05, 0) is 24.8 Å². The minimum Gasteiger partial charge on any atom is -0.384 e. The van der Waals surface area contributed by atoms with Crippen molar-refractivity contribution in [1.82, 2.24) is 14.9 Å². The zero-order valence-corrected chi connectivity index (χ0v) is 12.5. The molecule has 1 saturated heterocycles. The van der Waals surface area contributed by atoms with E-state index in [9.17, 15) is 4.79 Å². The number of likely N-dealkylation sites (tertiary alicyclic amines) is 1. The zero-order valence-electron chi connectivity index (χ0n) is 12.5. The fourth-order valence-electron chi connectivity index (χ4n) is 2.55. The molecule has 110 valence electrons. The number of hydrogen-bond acceptors (Lipinski definition) is 4. The van der Waals surface area contributed by atoms with E-state index in [0.29, 0.717) is 18.2 Å². The van der Waals surface area contributed by atoms with Crippen LogP contribution in [0.2, 0.25) is 0 Å². The maximum absolute atomic E-state index is 12.5. The molecule has 1 aromatic heterocycles. The summed E-state index contributed by atoms with van der Waals surface area (Å²) in [7, 11) is 1.71. The predicted molar refractivity (Wildman–Crippen MR) is 76.6 cm³/mol. The van der Waals surface area contributed by atoms with Gasteiger partial charge in [0.2, 0.25) is 0 Å². The van der Waals surface area contributed by atoms with E-state index in [4.69, 9.17) is 4.74 Å². The molecule has 0 N–H and O–H groups in total. The largest absolute Gasteiger partial charge is 0.384 e. The number of ether oxygens (including phenoxy) is 1. The lowest BCUT2D eigenvalue weighted by atomic mass is 9.98. The predicted octanol–water partition coefficient (Wildman–Crippen LogP) is 2.10.